The van der Waals surface area contributed by atoms with E-state index in [0.717, 1.165) is 33.5 Å². The molecule has 1 aliphatic rings. The normalized spacial score (nSPS) is 14.4. The van der Waals surface area contributed by atoms with E-state index in [0.29, 0.717) is 6.61 Å². The Hall–Kier alpha value is -0.910. The number of rotatable bonds is 6. The summed E-state index contributed by atoms with van der Waals surface area (Å²) in [5, 5.41) is 4.54. The van der Waals surface area contributed by atoms with Crippen molar-refractivity contribution in [2.24, 2.45) is 0 Å². The molecule has 21 heavy (non-hydrogen) atoms. The molecule has 0 spiro atoms. The molecule has 1 saturated carbocycles. The number of hydrogen-bond acceptors (Lipinski definition) is 4. The van der Waals surface area contributed by atoms with E-state index in [9.17, 15) is 0 Å². The maximum Gasteiger partial charge on any atom is 0.140 e. The van der Waals surface area contributed by atoms with Crippen molar-refractivity contribution in [3.63, 3.8) is 0 Å². The summed E-state index contributed by atoms with van der Waals surface area (Å²) in [6.07, 6.45) is 2.63. The largest absolute Gasteiger partial charge is 0.485 e. The third-order valence-electron chi connectivity index (χ3n) is 3.59. The van der Waals surface area contributed by atoms with Gasteiger partial charge in [-0.25, -0.2) is 4.98 Å². The summed E-state index contributed by atoms with van der Waals surface area (Å²) in [6, 6.07) is 7.01. The first-order valence-corrected chi connectivity index (χ1v) is 8.80. The van der Waals surface area contributed by atoms with Crippen molar-refractivity contribution >= 4 is 27.3 Å². The Balaban J connectivity index is 1.59. The van der Waals surface area contributed by atoms with Gasteiger partial charge in [0.25, 0.3) is 0 Å². The molecule has 1 aliphatic carbocycles. The lowest BCUT2D eigenvalue weighted by molar-refractivity contribution is 0.303. The molecule has 3 nitrogen and oxygen atoms in total. The van der Waals surface area contributed by atoms with Gasteiger partial charge in [-0.2, -0.15) is 0 Å². The van der Waals surface area contributed by atoms with E-state index in [-0.39, 0.29) is 0 Å². The van der Waals surface area contributed by atoms with Crippen LogP contribution in [0.4, 0.5) is 0 Å². The van der Waals surface area contributed by atoms with Crippen LogP contribution in [0.3, 0.4) is 0 Å². The van der Waals surface area contributed by atoms with Crippen LogP contribution < -0.4 is 10.1 Å². The summed E-state index contributed by atoms with van der Waals surface area (Å²) in [4.78, 5) is 5.75. The summed E-state index contributed by atoms with van der Waals surface area (Å²) >= 11 is 5.29. The van der Waals surface area contributed by atoms with Crippen molar-refractivity contribution in [1.29, 1.82) is 0 Å². The van der Waals surface area contributed by atoms with Crippen LogP contribution in [0.2, 0.25) is 0 Å². The zero-order valence-electron chi connectivity index (χ0n) is 12.3. The molecule has 0 atom stereocenters. The SMILES string of the molecule is Cc1nc(COc2ccc(CNC3CC3)cc2Br)sc1C. The highest BCUT2D eigenvalue weighted by Crippen LogP contribution is 2.28. The fourth-order valence-corrected chi connectivity index (χ4v) is 3.45. The van der Waals surface area contributed by atoms with Crippen LogP contribution in [0, 0.1) is 13.8 Å². The monoisotopic (exact) mass is 366 g/mol. The van der Waals surface area contributed by atoms with Gasteiger partial charge in [0.2, 0.25) is 0 Å². The number of thiazole rings is 1. The first kappa shape index (κ1) is 15.0. The zero-order chi connectivity index (χ0) is 14.8. The van der Waals surface area contributed by atoms with Crippen molar-refractivity contribution in [2.45, 2.75) is 45.9 Å². The number of ether oxygens (including phenoxy) is 1. The molecule has 3 rings (SSSR count). The number of hydrogen-bond donors (Lipinski definition) is 1. The highest BCUT2D eigenvalue weighted by atomic mass is 79.9. The topological polar surface area (TPSA) is 34.1 Å². The van der Waals surface area contributed by atoms with Gasteiger partial charge < -0.3 is 10.1 Å². The molecule has 1 N–H and O–H groups in total. The van der Waals surface area contributed by atoms with Gasteiger partial charge in [-0.3, -0.25) is 0 Å². The maximum atomic E-state index is 5.86. The second kappa shape index (κ2) is 6.46. The van der Waals surface area contributed by atoms with Gasteiger partial charge >= 0.3 is 0 Å². The van der Waals surface area contributed by atoms with Crippen molar-refractivity contribution in [1.82, 2.24) is 10.3 Å². The second-order valence-electron chi connectivity index (χ2n) is 5.46. The average molecular weight is 367 g/mol. The maximum absolute atomic E-state index is 5.86. The molecule has 0 bridgehead atoms. The lowest BCUT2D eigenvalue weighted by Gasteiger charge is -2.09. The van der Waals surface area contributed by atoms with Crippen molar-refractivity contribution in [2.75, 3.05) is 0 Å². The van der Waals surface area contributed by atoms with Crippen LogP contribution in [0.5, 0.6) is 5.75 Å². The van der Waals surface area contributed by atoms with Crippen LogP contribution in [0.25, 0.3) is 0 Å². The van der Waals surface area contributed by atoms with Crippen LogP contribution >= 0.6 is 27.3 Å². The third kappa shape index (κ3) is 4.05. The van der Waals surface area contributed by atoms with Crippen molar-refractivity contribution < 1.29 is 4.74 Å². The van der Waals surface area contributed by atoms with E-state index in [2.05, 4.69) is 45.3 Å². The molecule has 1 fully saturated rings. The van der Waals surface area contributed by atoms with Crippen LogP contribution in [-0.2, 0) is 13.2 Å². The first-order valence-electron chi connectivity index (χ1n) is 7.19. The Bertz CT molecular complexity index is 618. The molecule has 0 unspecified atom stereocenters. The van der Waals surface area contributed by atoms with Gasteiger partial charge in [0.15, 0.2) is 0 Å². The van der Waals surface area contributed by atoms with E-state index in [4.69, 9.17) is 4.74 Å². The Morgan fingerprint density at radius 2 is 2.19 bits per heavy atom. The van der Waals surface area contributed by atoms with E-state index in [1.165, 1.54) is 23.3 Å². The van der Waals surface area contributed by atoms with Crippen LogP contribution in [-0.4, -0.2) is 11.0 Å². The Kier molecular flexibility index (Phi) is 4.62. The lowest BCUT2D eigenvalue weighted by atomic mass is 10.2. The molecule has 0 radical (unpaired) electrons. The second-order valence-corrected chi connectivity index (χ2v) is 7.60. The third-order valence-corrected chi connectivity index (χ3v) is 5.26. The minimum absolute atomic E-state index is 0.525. The van der Waals surface area contributed by atoms with Gasteiger partial charge in [-0.05, 0) is 60.3 Å². The highest BCUT2D eigenvalue weighted by Gasteiger charge is 2.20. The van der Waals surface area contributed by atoms with E-state index < -0.39 is 0 Å². The molecule has 0 amide bonds. The first-order chi connectivity index (χ1) is 10.1. The molecule has 112 valence electrons. The molecular weight excluding hydrogens is 348 g/mol. The van der Waals surface area contributed by atoms with E-state index >= 15 is 0 Å². The molecule has 2 aromatic rings. The molecule has 0 saturated heterocycles. The molecule has 1 aromatic heterocycles. The van der Waals surface area contributed by atoms with Gasteiger partial charge in [-0.1, -0.05) is 6.07 Å². The van der Waals surface area contributed by atoms with Gasteiger partial charge in [0, 0.05) is 17.5 Å². The minimum atomic E-state index is 0.525. The Labute approximate surface area is 137 Å². The minimum Gasteiger partial charge on any atom is -0.485 e. The van der Waals surface area contributed by atoms with Crippen molar-refractivity contribution in [3.8, 4) is 5.75 Å². The summed E-state index contributed by atoms with van der Waals surface area (Å²) in [5.41, 5.74) is 2.38. The average Bonchev–Trinajstić information content (AvgIpc) is 3.22. The lowest BCUT2D eigenvalue weighted by Crippen LogP contribution is -2.15. The number of aromatic nitrogens is 1. The summed E-state index contributed by atoms with van der Waals surface area (Å²) < 4.78 is 6.87. The fraction of sp³-hybridized carbons (Fsp3) is 0.438. The zero-order valence-corrected chi connectivity index (χ0v) is 14.7. The highest BCUT2D eigenvalue weighted by molar-refractivity contribution is 9.10. The van der Waals surface area contributed by atoms with Gasteiger partial charge in [0.05, 0.1) is 10.2 Å². The van der Waals surface area contributed by atoms with E-state index in [1.54, 1.807) is 11.3 Å². The van der Waals surface area contributed by atoms with Crippen LogP contribution in [0.1, 0.15) is 34.0 Å². The summed E-state index contributed by atoms with van der Waals surface area (Å²) in [7, 11) is 0. The number of aryl methyl sites for hydroxylation is 2. The number of nitrogens with one attached hydrogen (secondary N) is 1. The molecular formula is C16H19BrN2OS. The number of benzene rings is 1. The molecule has 1 aromatic carbocycles. The standard InChI is InChI=1S/C16H19BrN2OS/c1-10-11(2)21-16(19-10)9-20-15-6-3-12(7-14(15)17)8-18-13-4-5-13/h3,6-7,13,18H,4-5,8-9H2,1-2H3. The smallest absolute Gasteiger partial charge is 0.140 e. The summed E-state index contributed by atoms with van der Waals surface area (Å²) in [5.74, 6) is 0.871. The molecule has 0 aliphatic heterocycles. The fourth-order valence-electron chi connectivity index (χ4n) is 2.06. The molecule has 5 heteroatoms. The number of halogens is 1. The van der Waals surface area contributed by atoms with Crippen molar-refractivity contribution in [3.05, 3.63) is 43.8 Å². The predicted molar refractivity (Wildman–Crippen MR) is 89.9 cm³/mol. The van der Waals surface area contributed by atoms with Crippen LogP contribution in [0.15, 0.2) is 22.7 Å². The molecule has 1 heterocycles. The number of nitrogens with zero attached hydrogens (tertiary/aromatic N) is 1. The Morgan fingerprint density at radius 1 is 1.38 bits per heavy atom. The predicted octanol–water partition coefficient (Wildman–Crippen LogP) is 4.35. The summed E-state index contributed by atoms with van der Waals surface area (Å²) in [6.45, 7) is 5.58. The van der Waals surface area contributed by atoms with Gasteiger partial charge in [-0.15, -0.1) is 11.3 Å². The van der Waals surface area contributed by atoms with Gasteiger partial charge in [0.1, 0.15) is 17.4 Å². The quantitative estimate of drug-likeness (QED) is 0.824. The van der Waals surface area contributed by atoms with E-state index in [1.807, 2.05) is 13.0 Å². The Morgan fingerprint density at radius 3 is 2.81 bits per heavy atom.